The minimum absolute atomic E-state index is 0.290. The molecule has 0 saturated heterocycles. The maximum absolute atomic E-state index is 11.8. The first-order valence-electron chi connectivity index (χ1n) is 4.99. The molecule has 82 valence electrons. The molecule has 0 bridgehead atoms. The molecule has 1 aromatic heterocycles. The van der Waals surface area contributed by atoms with Crippen molar-refractivity contribution in [1.29, 1.82) is 0 Å². The van der Waals surface area contributed by atoms with Crippen LogP contribution in [0.4, 0.5) is 0 Å². The Bertz CT molecular complexity index is 596. The number of ketones is 1. The molecular formula is C14H8BrNO. The minimum atomic E-state index is -0.290. The van der Waals surface area contributed by atoms with Gasteiger partial charge in [0.1, 0.15) is 5.69 Å². The van der Waals surface area contributed by atoms with E-state index in [9.17, 15) is 4.79 Å². The highest BCUT2D eigenvalue weighted by Gasteiger charge is 2.07. The molecule has 1 heterocycles. The van der Waals surface area contributed by atoms with E-state index in [4.69, 9.17) is 0 Å². The predicted octanol–water partition coefficient (Wildman–Crippen LogP) is 3.08. The summed E-state index contributed by atoms with van der Waals surface area (Å²) in [7, 11) is 0. The molecule has 2 rings (SSSR count). The van der Waals surface area contributed by atoms with Crippen LogP contribution in [-0.4, -0.2) is 10.8 Å². The molecule has 0 radical (unpaired) electrons. The van der Waals surface area contributed by atoms with Gasteiger partial charge in [-0.25, -0.2) is 0 Å². The maximum Gasteiger partial charge on any atom is 0.255 e. The number of benzene rings is 1. The third-order valence-electron chi connectivity index (χ3n) is 2.07. The normalized spacial score (nSPS) is 9.24. The third-order valence-corrected chi connectivity index (χ3v) is 2.71. The first kappa shape index (κ1) is 11.6. The lowest BCUT2D eigenvalue weighted by atomic mass is 10.2. The molecule has 17 heavy (non-hydrogen) atoms. The zero-order chi connectivity index (χ0) is 12.1. The minimum Gasteiger partial charge on any atom is -0.277 e. The van der Waals surface area contributed by atoms with Gasteiger partial charge in [0.2, 0.25) is 0 Å². The first-order chi connectivity index (χ1) is 8.27. The van der Waals surface area contributed by atoms with Crippen molar-refractivity contribution in [3.8, 4) is 11.8 Å². The zero-order valence-electron chi connectivity index (χ0n) is 8.85. The molecule has 0 aliphatic carbocycles. The first-order valence-corrected chi connectivity index (χ1v) is 5.78. The van der Waals surface area contributed by atoms with Crippen LogP contribution in [0.2, 0.25) is 0 Å². The molecule has 0 N–H and O–H groups in total. The highest BCUT2D eigenvalue weighted by atomic mass is 79.9. The number of carbonyl (C=O) groups is 1. The van der Waals surface area contributed by atoms with Crippen LogP contribution in [0.5, 0.6) is 0 Å². The van der Waals surface area contributed by atoms with Crippen LogP contribution in [0.15, 0.2) is 53.1 Å². The zero-order valence-corrected chi connectivity index (χ0v) is 10.4. The van der Waals surface area contributed by atoms with Crippen LogP contribution in [0, 0.1) is 11.8 Å². The standard InChI is InChI=1S/C14H8BrNO/c15-12-7-4-10-16-14(12)13(17)9-8-11-5-2-1-3-6-11/h1-7,10H. The molecule has 2 aromatic rings. The van der Waals surface area contributed by atoms with Crippen molar-refractivity contribution in [3.05, 3.63) is 64.4 Å². The number of pyridine rings is 1. The maximum atomic E-state index is 11.8. The molecule has 3 heteroatoms. The fourth-order valence-electron chi connectivity index (χ4n) is 1.26. The Hall–Kier alpha value is -1.92. The van der Waals surface area contributed by atoms with E-state index in [0.717, 1.165) is 5.56 Å². The van der Waals surface area contributed by atoms with Crippen molar-refractivity contribution in [2.24, 2.45) is 0 Å². The van der Waals surface area contributed by atoms with Gasteiger partial charge in [-0.1, -0.05) is 24.1 Å². The van der Waals surface area contributed by atoms with Crippen LogP contribution in [0.25, 0.3) is 0 Å². The smallest absolute Gasteiger partial charge is 0.255 e. The largest absolute Gasteiger partial charge is 0.277 e. The van der Waals surface area contributed by atoms with E-state index >= 15 is 0 Å². The molecule has 0 aliphatic heterocycles. The number of Topliss-reactive ketones (excluding diaryl/α,β-unsaturated/α-hetero) is 1. The van der Waals surface area contributed by atoms with Gasteiger partial charge in [-0.15, -0.1) is 0 Å². The summed E-state index contributed by atoms with van der Waals surface area (Å²) in [5, 5.41) is 0. The fourth-order valence-corrected chi connectivity index (χ4v) is 1.70. The van der Waals surface area contributed by atoms with E-state index in [2.05, 4.69) is 32.8 Å². The van der Waals surface area contributed by atoms with Gasteiger partial charge in [-0.3, -0.25) is 9.78 Å². The molecule has 0 spiro atoms. The molecule has 1 aromatic carbocycles. The van der Waals surface area contributed by atoms with Crippen LogP contribution in [0.1, 0.15) is 16.1 Å². The second kappa shape index (κ2) is 5.42. The molecule has 0 amide bonds. The van der Waals surface area contributed by atoms with Gasteiger partial charge in [0, 0.05) is 16.2 Å². The molecule has 0 unspecified atom stereocenters. The van der Waals surface area contributed by atoms with Gasteiger partial charge in [-0.2, -0.15) is 0 Å². The number of aromatic nitrogens is 1. The fraction of sp³-hybridized carbons (Fsp3) is 0. The van der Waals surface area contributed by atoms with Gasteiger partial charge in [-0.05, 0) is 46.1 Å². The van der Waals surface area contributed by atoms with Crippen LogP contribution >= 0.6 is 15.9 Å². The quantitative estimate of drug-likeness (QED) is 0.595. The van der Waals surface area contributed by atoms with Crippen LogP contribution in [-0.2, 0) is 0 Å². The van der Waals surface area contributed by atoms with Gasteiger partial charge < -0.3 is 0 Å². The molecule has 0 atom stereocenters. The van der Waals surface area contributed by atoms with Crippen molar-refractivity contribution >= 4 is 21.7 Å². The lowest BCUT2D eigenvalue weighted by Crippen LogP contribution is -1.99. The Morgan fingerprint density at radius 2 is 1.88 bits per heavy atom. The van der Waals surface area contributed by atoms with Gasteiger partial charge in [0.25, 0.3) is 5.78 Å². The summed E-state index contributed by atoms with van der Waals surface area (Å²) >= 11 is 3.27. The van der Waals surface area contributed by atoms with Crippen molar-refractivity contribution in [2.75, 3.05) is 0 Å². The van der Waals surface area contributed by atoms with E-state index in [0.29, 0.717) is 10.2 Å². The van der Waals surface area contributed by atoms with Gasteiger partial charge in [0.15, 0.2) is 0 Å². The Kier molecular flexibility index (Phi) is 3.69. The topological polar surface area (TPSA) is 30.0 Å². The third kappa shape index (κ3) is 3.02. The van der Waals surface area contributed by atoms with E-state index < -0.39 is 0 Å². The van der Waals surface area contributed by atoms with Crippen molar-refractivity contribution in [2.45, 2.75) is 0 Å². The van der Waals surface area contributed by atoms with Crippen molar-refractivity contribution in [3.63, 3.8) is 0 Å². The molecule has 0 fully saturated rings. The summed E-state index contributed by atoms with van der Waals surface area (Å²) in [6.07, 6.45) is 1.57. The Labute approximate surface area is 108 Å². The van der Waals surface area contributed by atoms with E-state index in [1.807, 2.05) is 30.3 Å². The Balaban J connectivity index is 2.24. The van der Waals surface area contributed by atoms with E-state index in [1.54, 1.807) is 18.3 Å². The lowest BCUT2D eigenvalue weighted by molar-refractivity contribution is 0.105. The SMILES string of the molecule is O=C(C#Cc1ccccc1)c1ncccc1Br. The Morgan fingerprint density at radius 3 is 2.59 bits per heavy atom. The average molecular weight is 286 g/mol. The second-order valence-electron chi connectivity index (χ2n) is 3.28. The van der Waals surface area contributed by atoms with E-state index in [1.165, 1.54) is 0 Å². The summed E-state index contributed by atoms with van der Waals surface area (Å²) in [6.45, 7) is 0. The summed E-state index contributed by atoms with van der Waals surface area (Å²) in [5.74, 6) is 5.09. The summed E-state index contributed by atoms with van der Waals surface area (Å²) < 4.78 is 0.660. The number of hydrogen-bond donors (Lipinski definition) is 0. The average Bonchev–Trinajstić information content (AvgIpc) is 2.38. The number of rotatable bonds is 1. The highest BCUT2D eigenvalue weighted by molar-refractivity contribution is 9.10. The lowest BCUT2D eigenvalue weighted by Gasteiger charge is -1.95. The van der Waals surface area contributed by atoms with Crippen LogP contribution in [0.3, 0.4) is 0 Å². The highest BCUT2D eigenvalue weighted by Crippen LogP contribution is 2.13. The molecule has 0 aliphatic rings. The molecule has 0 saturated carbocycles. The van der Waals surface area contributed by atoms with Crippen molar-refractivity contribution in [1.82, 2.24) is 4.98 Å². The second-order valence-corrected chi connectivity index (χ2v) is 4.13. The van der Waals surface area contributed by atoms with Crippen LogP contribution < -0.4 is 0 Å². The van der Waals surface area contributed by atoms with Gasteiger partial charge in [0.05, 0.1) is 0 Å². The monoisotopic (exact) mass is 285 g/mol. The molecular weight excluding hydrogens is 278 g/mol. The predicted molar refractivity (Wildman–Crippen MR) is 69.6 cm³/mol. The van der Waals surface area contributed by atoms with Gasteiger partial charge >= 0.3 is 0 Å². The molecule has 2 nitrogen and oxygen atoms in total. The summed E-state index contributed by atoms with van der Waals surface area (Å²) in [4.78, 5) is 15.8. The number of hydrogen-bond acceptors (Lipinski definition) is 2. The number of nitrogens with zero attached hydrogens (tertiary/aromatic N) is 1. The Morgan fingerprint density at radius 1 is 1.12 bits per heavy atom. The number of carbonyl (C=O) groups excluding carboxylic acids is 1. The summed E-state index contributed by atoms with van der Waals surface area (Å²) in [6, 6.07) is 12.9. The summed E-state index contributed by atoms with van der Waals surface area (Å²) in [5.41, 5.74) is 1.16. The van der Waals surface area contributed by atoms with Crippen molar-refractivity contribution < 1.29 is 4.79 Å². The number of halogens is 1. The van der Waals surface area contributed by atoms with E-state index in [-0.39, 0.29) is 5.78 Å².